The maximum atomic E-state index is 12.4. The summed E-state index contributed by atoms with van der Waals surface area (Å²) in [7, 11) is 1.80. The van der Waals surface area contributed by atoms with Gasteiger partial charge in [-0.3, -0.25) is 4.79 Å². The molecular weight excluding hydrogens is 288 g/mol. The number of rotatable bonds is 5. The van der Waals surface area contributed by atoms with Crippen LogP contribution in [0.5, 0.6) is 0 Å². The Balaban J connectivity index is 1.72. The molecule has 0 radical (unpaired) electrons. The summed E-state index contributed by atoms with van der Waals surface area (Å²) in [6.07, 6.45) is 3.97. The number of benzene rings is 1. The van der Waals surface area contributed by atoms with Gasteiger partial charge in [0.1, 0.15) is 5.76 Å². The fourth-order valence-corrected chi connectivity index (χ4v) is 2.53. The Hall–Kier alpha value is -2.75. The quantitative estimate of drug-likeness (QED) is 0.722. The summed E-state index contributed by atoms with van der Waals surface area (Å²) >= 11 is 0. The second-order valence-electron chi connectivity index (χ2n) is 5.71. The first-order valence-corrected chi connectivity index (χ1v) is 7.63. The number of carbonyl (C=O) groups excluding carboxylic acids is 1. The number of aryl methyl sites for hydroxylation is 1. The molecule has 0 fully saturated rings. The van der Waals surface area contributed by atoms with Gasteiger partial charge in [0, 0.05) is 24.6 Å². The molecule has 1 amide bonds. The molecular formula is C19H20N2O2. The number of nitrogens with zero attached hydrogens (tertiary/aromatic N) is 2. The molecule has 0 spiro atoms. The Morgan fingerprint density at radius 2 is 1.91 bits per heavy atom. The van der Waals surface area contributed by atoms with E-state index in [2.05, 4.69) is 35.8 Å². The van der Waals surface area contributed by atoms with Gasteiger partial charge in [-0.15, -0.1) is 0 Å². The van der Waals surface area contributed by atoms with Gasteiger partial charge in [-0.05, 0) is 43.3 Å². The van der Waals surface area contributed by atoms with Crippen LogP contribution in [0, 0.1) is 6.92 Å². The molecule has 0 N–H and O–H groups in total. The highest BCUT2D eigenvalue weighted by Gasteiger charge is 2.14. The van der Waals surface area contributed by atoms with Crippen LogP contribution < -0.4 is 0 Å². The van der Waals surface area contributed by atoms with Gasteiger partial charge in [0.15, 0.2) is 0 Å². The van der Waals surface area contributed by atoms with E-state index >= 15 is 0 Å². The van der Waals surface area contributed by atoms with Crippen molar-refractivity contribution >= 4 is 5.91 Å². The maximum absolute atomic E-state index is 12.4. The van der Waals surface area contributed by atoms with Crippen LogP contribution in [0.15, 0.2) is 65.4 Å². The van der Waals surface area contributed by atoms with Gasteiger partial charge < -0.3 is 13.9 Å². The summed E-state index contributed by atoms with van der Waals surface area (Å²) in [5.41, 5.74) is 3.26. The summed E-state index contributed by atoms with van der Waals surface area (Å²) in [5.74, 6) is 0.850. The molecule has 0 aliphatic rings. The van der Waals surface area contributed by atoms with Gasteiger partial charge in [0.05, 0.1) is 19.2 Å². The zero-order valence-electron chi connectivity index (χ0n) is 13.4. The number of likely N-dealkylation sites (N-methyl/N-ethyl adjacent to an activating group) is 1. The zero-order chi connectivity index (χ0) is 16.2. The van der Waals surface area contributed by atoms with Gasteiger partial charge >= 0.3 is 0 Å². The predicted molar refractivity (Wildman–Crippen MR) is 89.4 cm³/mol. The molecule has 0 unspecified atom stereocenters. The highest BCUT2D eigenvalue weighted by atomic mass is 16.3. The average Bonchev–Trinajstić information content (AvgIpc) is 3.20. The third-order valence-electron chi connectivity index (χ3n) is 3.88. The molecule has 0 saturated heterocycles. The van der Waals surface area contributed by atoms with Crippen molar-refractivity contribution in [1.82, 2.24) is 9.47 Å². The normalized spacial score (nSPS) is 10.7. The monoisotopic (exact) mass is 308 g/mol. The second-order valence-corrected chi connectivity index (χ2v) is 5.71. The first kappa shape index (κ1) is 15.2. The minimum Gasteiger partial charge on any atom is -0.467 e. The molecule has 0 aliphatic heterocycles. The van der Waals surface area contributed by atoms with Crippen molar-refractivity contribution in [3.05, 3.63) is 78.0 Å². The Labute approximate surface area is 136 Å². The third-order valence-corrected chi connectivity index (χ3v) is 3.88. The van der Waals surface area contributed by atoms with Gasteiger partial charge in [0.2, 0.25) is 5.91 Å². The second kappa shape index (κ2) is 6.57. The van der Waals surface area contributed by atoms with E-state index in [1.165, 1.54) is 5.56 Å². The van der Waals surface area contributed by atoms with E-state index in [-0.39, 0.29) is 5.91 Å². The van der Waals surface area contributed by atoms with Gasteiger partial charge in [-0.25, -0.2) is 0 Å². The van der Waals surface area contributed by atoms with E-state index in [0.717, 1.165) is 17.1 Å². The van der Waals surface area contributed by atoms with E-state index in [0.29, 0.717) is 13.0 Å². The maximum Gasteiger partial charge on any atom is 0.228 e. The lowest BCUT2D eigenvalue weighted by atomic mass is 10.2. The van der Waals surface area contributed by atoms with E-state index in [1.807, 2.05) is 30.5 Å². The minimum absolute atomic E-state index is 0.0634. The molecule has 2 heterocycles. The lowest BCUT2D eigenvalue weighted by molar-refractivity contribution is -0.130. The molecule has 23 heavy (non-hydrogen) atoms. The van der Waals surface area contributed by atoms with Crippen molar-refractivity contribution in [2.45, 2.75) is 19.9 Å². The fraction of sp³-hybridized carbons (Fsp3) is 0.211. The van der Waals surface area contributed by atoms with Crippen LogP contribution in [0.4, 0.5) is 0 Å². The number of carbonyl (C=O) groups is 1. The zero-order valence-corrected chi connectivity index (χ0v) is 13.4. The molecule has 0 saturated carbocycles. The number of hydrogen-bond donors (Lipinski definition) is 0. The van der Waals surface area contributed by atoms with Crippen molar-refractivity contribution in [2.75, 3.05) is 7.05 Å². The largest absolute Gasteiger partial charge is 0.467 e. The summed E-state index contributed by atoms with van der Waals surface area (Å²) in [5, 5.41) is 0. The Bertz CT molecular complexity index is 770. The molecule has 4 heteroatoms. The first-order valence-electron chi connectivity index (χ1n) is 7.63. The number of hydrogen-bond acceptors (Lipinski definition) is 2. The molecule has 2 aromatic heterocycles. The van der Waals surface area contributed by atoms with Gasteiger partial charge in [0.25, 0.3) is 0 Å². The third kappa shape index (κ3) is 3.54. The fourth-order valence-electron chi connectivity index (χ4n) is 2.53. The summed E-state index contributed by atoms with van der Waals surface area (Å²) in [6.45, 7) is 2.55. The lowest BCUT2D eigenvalue weighted by Crippen LogP contribution is -2.28. The van der Waals surface area contributed by atoms with Crippen LogP contribution in [0.2, 0.25) is 0 Å². The molecule has 3 rings (SSSR count). The van der Waals surface area contributed by atoms with Crippen molar-refractivity contribution in [3.8, 4) is 5.69 Å². The van der Waals surface area contributed by atoms with Crippen molar-refractivity contribution in [1.29, 1.82) is 0 Å². The van der Waals surface area contributed by atoms with Crippen LogP contribution in [0.3, 0.4) is 0 Å². The van der Waals surface area contributed by atoms with Gasteiger partial charge in [-0.1, -0.05) is 17.7 Å². The standard InChI is InChI=1S/C19H20N2O2/c1-15-7-9-16(10-8-15)21-11-3-5-17(21)13-19(22)20(2)14-18-6-4-12-23-18/h3-12H,13-14H2,1-2H3. The Morgan fingerprint density at radius 1 is 1.13 bits per heavy atom. The average molecular weight is 308 g/mol. The van der Waals surface area contributed by atoms with Crippen LogP contribution >= 0.6 is 0 Å². The first-order chi connectivity index (χ1) is 11.1. The van der Waals surface area contributed by atoms with E-state index in [1.54, 1.807) is 18.2 Å². The minimum atomic E-state index is 0.0634. The molecule has 3 aromatic rings. The van der Waals surface area contributed by atoms with E-state index in [9.17, 15) is 4.79 Å². The highest BCUT2D eigenvalue weighted by Crippen LogP contribution is 2.15. The number of aromatic nitrogens is 1. The Morgan fingerprint density at radius 3 is 2.61 bits per heavy atom. The SMILES string of the molecule is Cc1ccc(-n2cccc2CC(=O)N(C)Cc2ccco2)cc1. The molecule has 0 aliphatic carbocycles. The molecule has 118 valence electrons. The van der Waals surface area contributed by atoms with Crippen LogP contribution in [0.25, 0.3) is 5.69 Å². The van der Waals surface area contributed by atoms with Crippen LogP contribution in [-0.4, -0.2) is 22.4 Å². The molecule has 0 bridgehead atoms. The smallest absolute Gasteiger partial charge is 0.228 e. The van der Waals surface area contributed by atoms with E-state index in [4.69, 9.17) is 4.42 Å². The Kier molecular flexibility index (Phi) is 4.33. The summed E-state index contributed by atoms with van der Waals surface area (Å²) < 4.78 is 7.35. The topological polar surface area (TPSA) is 38.4 Å². The number of amides is 1. The molecule has 1 aromatic carbocycles. The summed E-state index contributed by atoms with van der Waals surface area (Å²) in [6, 6.07) is 15.9. The molecule has 0 atom stereocenters. The summed E-state index contributed by atoms with van der Waals surface area (Å²) in [4.78, 5) is 14.1. The van der Waals surface area contributed by atoms with E-state index < -0.39 is 0 Å². The lowest BCUT2D eigenvalue weighted by Gasteiger charge is -2.17. The van der Waals surface area contributed by atoms with Crippen molar-refractivity contribution in [3.63, 3.8) is 0 Å². The number of furan rings is 1. The van der Waals surface area contributed by atoms with Crippen molar-refractivity contribution < 1.29 is 9.21 Å². The molecule has 4 nitrogen and oxygen atoms in total. The van der Waals surface area contributed by atoms with Crippen LogP contribution in [0.1, 0.15) is 17.0 Å². The van der Waals surface area contributed by atoms with Crippen molar-refractivity contribution in [2.24, 2.45) is 0 Å². The predicted octanol–water partition coefficient (Wildman–Crippen LogP) is 3.58. The highest BCUT2D eigenvalue weighted by molar-refractivity contribution is 5.78. The van der Waals surface area contributed by atoms with Crippen LogP contribution in [-0.2, 0) is 17.8 Å². The van der Waals surface area contributed by atoms with Gasteiger partial charge in [-0.2, -0.15) is 0 Å².